The highest BCUT2D eigenvalue weighted by Gasteiger charge is 2.27. The second-order valence-electron chi connectivity index (χ2n) is 7.72. The number of phenolic OH excluding ortho intramolecular Hbond substituents is 1. The summed E-state index contributed by atoms with van der Waals surface area (Å²) in [4.78, 5) is 17.9. The molecule has 0 spiro atoms. The summed E-state index contributed by atoms with van der Waals surface area (Å²) in [5.74, 6) is 0.650. The van der Waals surface area contributed by atoms with Crippen LogP contribution in [0.3, 0.4) is 0 Å². The molecule has 2 N–H and O–H groups in total. The van der Waals surface area contributed by atoms with Crippen molar-refractivity contribution in [2.24, 2.45) is 0 Å². The smallest absolute Gasteiger partial charge is 0.185 e. The summed E-state index contributed by atoms with van der Waals surface area (Å²) in [6.45, 7) is 12.4. The van der Waals surface area contributed by atoms with Gasteiger partial charge in [0.15, 0.2) is 12.1 Å². The first-order chi connectivity index (χ1) is 10.0. The van der Waals surface area contributed by atoms with Crippen LogP contribution in [0.5, 0.6) is 5.75 Å². The molecule has 1 aromatic heterocycles. The molecule has 0 aliphatic heterocycles. The van der Waals surface area contributed by atoms with E-state index in [1.807, 2.05) is 12.1 Å². The summed E-state index contributed by atoms with van der Waals surface area (Å²) >= 11 is 0. The zero-order chi connectivity index (χ0) is 16.7. The Morgan fingerprint density at radius 1 is 1.05 bits per heavy atom. The molecule has 118 valence electrons. The van der Waals surface area contributed by atoms with Crippen molar-refractivity contribution in [1.82, 2.24) is 9.97 Å². The molecule has 0 aliphatic rings. The molecular formula is C18H24N2O2. The Morgan fingerprint density at radius 3 is 1.91 bits per heavy atom. The standard InChI is InChI=1S/C18H24N2O2/c1-17(2,3)12-7-11(14-9-19-15(10-21)20-14)8-13(16(12)22)18(4,5)6/h7-10,22H,1-6H3,(H,19,20). The molecule has 2 aromatic rings. The van der Waals surface area contributed by atoms with Crippen molar-refractivity contribution in [3.05, 3.63) is 35.3 Å². The molecule has 1 heterocycles. The van der Waals surface area contributed by atoms with Crippen LogP contribution in [0.4, 0.5) is 0 Å². The summed E-state index contributed by atoms with van der Waals surface area (Å²) in [7, 11) is 0. The van der Waals surface area contributed by atoms with Crippen LogP contribution in [-0.4, -0.2) is 21.4 Å². The lowest BCUT2D eigenvalue weighted by molar-refractivity contribution is 0.111. The van der Waals surface area contributed by atoms with Crippen LogP contribution in [0.2, 0.25) is 0 Å². The largest absolute Gasteiger partial charge is 0.507 e. The van der Waals surface area contributed by atoms with Crippen molar-refractivity contribution < 1.29 is 9.90 Å². The predicted octanol–water partition coefficient (Wildman–Crippen LogP) is 4.19. The molecule has 0 amide bonds. The second-order valence-corrected chi connectivity index (χ2v) is 7.72. The Kier molecular flexibility index (Phi) is 3.90. The van der Waals surface area contributed by atoms with Gasteiger partial charge in [-0.15, -0.1) is 0 Å². The third-order valence-electron chi connectivity index (χ3n) is 3.74. The van der Waals surface area contributed by atoms with Gasteiger partial charge in [0.25, 0.3) is 0 Å². The Balaban J connectivity index is 2.72. The van der Waals surface area contributed by atoms with Gasteiger partial charge in [0.2, 0.25) is 0 Å². The molecule has 0 saturated heterocycles. The van der Waals surface area contributed by atoms with Crippen molar-refractivity contribution in [2.75, 3.05) is 0 Å². The Labute approximate surface area is 131 Å². The van der Waals surface area contributed by atoms with Crippen LogP contribution < -0.4 is 0 Å². The molecule has 0 aliphatic carbocycles. The molecule has 0 saturated carbocycles. The maximum Gasteiger partial charge on any atom is 0.185 e. The maximum absolute atomic E-state index is 10.8. The van der Waals surface area contributed by atoms with Crippen LogP contribution in [0.15, 0.2) is 18.3 Å². The van der Waals surface area contributed by atoms with E-state index in [1.165, 1.54) is 0 Å². The van der Waals surface area contributed by atoms with E-state index in [0.29, 0.717) is 17.9 Å². The molecule has 0 unspecified atom stereocenters. The Morgan fingerprint density at radius 2 is 1.55 bits per heavy atom. The van der Waals surface area contributed by atoms with Gasteiger partial charge in [0.05, 0.1) is 11.9 Å². The first kappa shape index (κ1) is 16.3. The van der Waals surface area contributed by atoms with E-state index in [4.69, 9.17) is 0 Å². The summed E-state index contributed by atoms with van der Waals surface area (Å²) in [5.41, 5.74) is 3.10. The Bertz CT molecular complexity index is 666. The summed E-state index contributed by atoms with van der Waals surface area (Å²) < 4.78 is 0. The number of aromatic nitrogens is 2. The molecule has 2 rings (SSSR count). The van der Waals surface area contributed by atoms with Crippen molar-refractivity contribution in [3.8, 4) is 17.0 Å². The lowest BCUT2D eigenvalue weighted by Gasteiger charge is -2.28. The lowest BCUT2D eigenvalue weighted by Crippen LogP contribution is -2.17. The number of nitrogens with zero attached hydrogens (tertiary/aromatic N) is 1. The normalized spacial score (nSPS) is 12.5. The molecule has 0 bridgehead atoms. The zero-order valence-electron chi connectivity index (χ0n) is 14.1. The molecule has 4 heteroatoms. The number of hydrogen-bond donors (Lipinski definition) is 2. The molecule has 0 atom stereocenters. The van der Waals surface area contributed by atoms with E-state index in [0.717, 1.165) is 22.4 Å². The molecule has 0 fully saturated rings. The third kappa shape index (κ3) is 3.06. The number of H-pyrrole nitrogens is 1. The number of benzene rings is 1. The first-order valence-corrected chi connectivity index (χ1v) is 7.42. The topological polar surface area (TPSA) is 66.0 Å². The van der Waals surface area contributed by atoms with Crippen molar-refractivity contribution in [1.29, 1.82) is 0 Å². The van der Waals surface area contributed by atoms with Gasteiger partial charge in [-0.3, -0.25) is 4.79 Å². The van der Waals surface area contributed by atoms with E-state index in [2.05, 4.69) is 51.5 Å². The number of aromatic hydroxyl groups is 1. The number of imidazole rings is 1. The minimum atomic E-state index is -0.187. The van der Waals surface area contributed by atoms with Crippen LogP contribution in [0.25, 0.3) is 11.3 Å². The van der Waals surface area contributed by atoms with Crippen LogP contribution >= 0.6 is 0 Å². The number of hydrogen-bond acceptors (Lipinski definition) is 3. The molecular weight excluding hydrogens is 276 g/mol. The fraction of sp³-hybridized carbons (Fsp3) is 0.444. The summed E-state index contributed by atoms with van der Waals surface area (Å²) in [6, 6.07) is 3.93. The molecule has 22 heavy (non-hydrogen) atoms. The van der Waals surface area contributed by atoms with Crippen LogP contribution in [-0.2, 0) is 10.8 Å². The predicted molar refractivity (Wildman–Crippen MR) is 88.5 cm³/mol. The van der Waals surface area contributed by atoms with E-state index < -0.39 is 0 Å². The number of aromatic amines is 1. The van der Waals surface area contributed by atoms with Gasteiger partial charge in [-0.1, -0.05) is 41.5 Å². The van der Waals surface area contributed by atoms with Gasteiger partial charge < -0.3 is 10.1 Å². The summed E-state index contributed by atoms with van der Waals surface area (Å²) in [5, 5.41) is 10.7. The van der Waals surface area contributed by atoms with E-state index in [1.54, 1.807) is 6.20 Å². The van der Waals surface area contributed by atoms with Crippen molar-refractivity contribution in [2.45, 2.75) is 52.4 Å². The Hall–Kier alpha value is -2.10. The fourth-order valence-electron chi connectivity index (χ4n) is 2.48. The van der Waals surface area contributed by atoms with Crippen LogP contribution in [0, 0.1) is 0 Å². The lowest BCUT2D eigenvalue weighted by atomic mass is 9.78. The van der Waals surface area contributed by atoms with Gasteiger partial charge in [0.1, 0.15) is 5.75 Å². The first-order valence-electron chi connectivity index (χ1n) is 7.42. The minimum absolute atomic E-state index is 0.187. The molecule has 4 nitrogen and oxygen atoms in total. The maximum atomic E-state index is 10.8. The summed E-state index contributed by atoms with van der Waals surface area (Å²) in [6.07, 6.45) is 2.34. The number of carbonyl (C=O) groups is 1. The second kappa shape index (κ2) is 5.27. The fourth-order valence-corrected chi connectivity index (χ4v) is 2.48. The number of carbonyl (C=O) groups excluding carboxylic acids is 1. The SMILES string of the molecule is CC(C)(C)c1cc(-c2cnc(C=O)[nH]2)cc(C(C)(C)C)c1O. The highest BCUT2D eigenvalue weighted by Crippen LogP contribution is 2.41. The number of aldehydes is 1. The van der Waals surface area contributed by atoms with Crippen molar-refractivity contribution in [3.63, 3.8) is 0 Å². The van der Waals surface area contributed by atoms with Gasteiger partial charge in [-0.25, -0.2) is 4.98 Å². The number of rotatable bonds is 2. The quantitative estimate of drug-likeness (QED) is 0.817. The monoisotopic (exact) mass is 300 g/mol. The third-order valence-corrected chi connectivity index (χ3v) is 3.74. The highest BCUT2D eigenvalue weighted by molar-refractivity contribution is 5.73. The molecule has 1 aromatic carbocycles. The van der Waals surface area contributed by atoms with E-state index >= 15 is 0 Å². The van der Waals surface area contributed by atoms with Gasteiger partial charge in [-0.2, -0.15) is 0 Å². The highest BCUT2D eigenvalue weighted by atomic mass is 16.3. The van der Waals surface area contributed by atoms with Gasteiger partial charge >= 0.3 is 0 Å². The zero-order valence-corrected chi connectivity index (χ0v) is 14.1. The average Bonchev–Trinajstić information content (AvgIpc) is 2.85. The van der Waals surface area contributed by atoms with Crippen LogP contribution in [0.1, 0.15) is 63.3 Å². The number of phenols is 1. The molecule has 0 radical (unpaired) electrons. The number of nitrogens with one attached hydrogen (secondary N) is 1. The van der Waals surface area contributed by atoms with Gasteiger partial charge in [-0.05, 0) is 23.0 Å². The van der Waals surface area contributed by atoms with Gasteiger partial charge in [0, 0.05) is 16.7 Å². The van der Waals surface area contributed by atoms with Crippen molar-refractivity contribution >= 4 is 6.29 Å². The van der Waals surface area contributed by atoms with E-state index in [-0.39, 0.29) is 10.8 Å². The van der Waals surface area contributed by atoms with E-state index in [9.17, 15) is 9.90 Å². The minimum Gasteiger partial charge on any atom is -0.507 e. The average molecular weight is 300 g/mol.